The van der Waals surface area contributed by atoms with Gasteiger partial charge < -0.3 is 9.47 Å². The van der Waals surface area contributed by atoms with Gasteiger partial charge in [0.05, 0.1) is 0 Å². The SMILES string of the molecule is O=C1CCc2ccccc2C#CCCOC(=O)CCc2ccccc2C#CCCO1. The van der Waals surface area contributed by atoms with Crippen molar-refractivity contribution in [2.45, 2.75) is 38.5 Å². The van der Waals surface area contributed by atoms with Crippen molar-refractivity contribution in [2.24, 2.45) is 0 Å². The molecule has 0 N–H and O–H groups in total. The quantitative estimate of drug-likeness (QED) is 0.498. The molecule has 3 rings (SSSR count). The molecule has 0 amide bonds. The van der Waals surface area contributed by atoms with E-state index in [1.54, 1.807) is 0 Å². The Labute approximate surface area is 177 Å². The van der Waals surface area contributed by atoms with Crippen molar-refractivity contribution in [2.75, 3.05) is 13.2 Å². The fourth-order valence-corrected chi connectivity index (χ4v) is 3.09. The maximum absolute atomic E-state index is 12.0. The van der Waals surface area contributed by atoms with Crippen LogP contribution in [-0.2, 0) is 31.9 Å². The second kappa shape index (κ2) is 11.5. The maximum Gasteiger partial charge on any atom is 0.306 e. The molecule has 2 aromatic rings. The lowest BCUT2D eigenvalue weighted by molar-refractivity contribution is -0.144. The van der Waals surface area contributed by atoms with E-state index >= 15 is 0 Å². The van der Waals surface area contributed by atoms with Gasteiger partial charge in [-0.2, -0.15) is 0 Å². The summed E-state index contributed by atoms with van der Waals surface area (Å²) in [6.07, 6.45) is 2.66. The predicted octanol–water partition coefficient (Wildman–Crippen LogP) is 3.84. The van der Waals surface area contributed by atoms with E-state index in [4.69, 9.17) is 9.47 Å². The average Bonchev–Trinajstić information content (AvgIpc) is 2.76. The second-order valence-electron chi connectivity index (χ2n) is 6.86. The summed E-state index contributed by atoms with van der Waals surface area (Å²) >= 11 is 0. The normalized spacial score (nSPS) is 15.6. The molecule has 0 spiro atoms. The Morgan fingerprint density at radius 2 is 1.03 bits per heavy atom. The molecule has 0 fully saturated rings. The van der Waals surface area contributed by atoms with E-state index in [0.29, 0.717) is 38.5 Å². The number of hydrogen-bond donors (Lipinski definition) is 0. The molecule has 0 saturated carbocycles. The van der Waals surface area contributed by atoms with Crippen LogP contribution in [0.25, 0.3) is 0 Å². The van der Waals surface area contributed by atoms with Crippen LogP contribution in [0.3, 0.4) is 0 Å². The van der Waals surface area contributed by atoms with Crippen molar-refractivity contribution >= 4 is 11.9 Å². The summed E-state index contributed by atoms with van der Waals surface area (Å²) in [5, 5.41) is 0. The Kier molecular flexibility index (Phi) is 8.12. The zero-order valence-electron chi connectivity index (χ0n) is 16.9. The van der Waals surface area contributed by atoms with Gasteiger partial charge in [-0.3, -0.25) is 9.59 Å². The number of hydrogen-bond acceptors (Lipinski definition) is 4. The van der Waals surface area contributed by atoms with E-state index in [9.17, 15) is 9.59 Å². The summed E-state index contributed by atoms with van der Waals surface area (Å²) in [5.41, 5.74) is 3.77. The predicted molar refractivity (Wildman–Crippen MR) is 114 cm³/mol. The first-order valence-electron chi connectivity index (χ1n) is 10.2. The molecule has 152 valence electrons. The number of cyclic esters (lactones) is 2. The highest BCUT2D eigenvalue weighted by atomic mass is 16.5. The molecule has 0 unspecified atom stereocenters. The Morgan fingerprint density at radius 3 is 1.50 bits per heavy atom. The van der Waals surface area contributed by atoms with E-state index < -0.39 is 0 Å². The van der Waals surface area contributed by atoms with Crippen molar-refractivity contribution in [3.63, 3.8) is 0 Å². The Bertz CT molecular complexity index is 931. The fourth-order valence-electron chi connectivity index (χ4n) is 3.09. The van der Waals surface area contributed by atoms with Gasteiger partial charge in [-0.05, 0) is 36.1 Å². The van der Waals surface area contributed by atoms with E-state index in [1.165, 1.54) is 0 Å². The monoisotopic (exact) mass is 400 g/mol. The van der Waals surface area contributed by atoms with Gasteiger partial charge in [0.2, 0.25) is 0 Å². The molecule has 2 aromatic carbocycles. The molecule has 1 aliphatic rings. The zero-order chi connectivity index (χ0) is 21.0. The van der Waals surface area contributed by atoms with Crippen LogP contribution >= 0.6 is 0 Å². The minimum absolute atomic E-state index is 0.235. The first-order chi connectivity index (χ1) is 14.7. The minimum Gasteiger partial charge on any atom is -0.465 e. The number of benzene rings is 2. The lowest BCUT2D eigenvalue weighted by atomic mass is 10.0. The molecular weight excluding hydrogens is 376 g/mol. The van der Waals surface area contributed by atoms with Crippen molar-refractivity contribution in [3.05, 3.63) is 70.8 Å². The number of ether oxygens (including phenoxy) is 2. The van der Waals surface area contributed by atoms with E-state index in [-0.39, 0.29) is 25.2 Å². The summed E-state index contributed by atoms with van der Waals surface area (Å²) in [7, 11) is 0. The Hall–Kier alpha value is -3.50. The first-order valence-corrected chi connectivity index (χ1v) is 10.2. The number of rotatable bonds is 0. The molecule has 0 aromatic heterocycles. The lowest BCUT2D eigenvalue weighted by Gasteiger charge is -2.06. The van der Waals surface area contributed by atoms with Gasteiger partial charge in [-0.25, -0.2) is 0 Å². The van der Waals surface area contributed by atoms with Crippen molar-refractivity contribution in [3.8, 4) is 23.7 Å². The zero-order valence-corrected chi connectivity index (χ0v) is 16.9. The average molecular weight is 400 g/mol. The summed E-state index contributed by atoms with van der Waals surface area (Å²) in [4.78, 5) is 24.1. The maximum atomic E-state index is 12.0. The molecule has 0 saturated heterocycles. The Morgan fingerprint density at radius 1 is 0.600 bits per heavy atom. The standard InChI is InChI=1S/C26H24O4/c27-25-17-15-23-11-3-1-9-21(23)13-5-7-19-29-26(28)18-16-24-12-4-2-10-22(24)14-6-8-20-30-25/h1-4,9-12H,7-8,15-20H2. The third-order valence-corrected chi connectivity index (χ3v) is 4.66. The minimum atomic E-state index is -0.235. The third-order valence-electron chi connectivity index (χ3n) is 4.66. The fraction of sp³-hybridized carbons (Fsp3) is 0.308. The number of carbonyl (C=O) groups excluding carboxylic acids is 2. The van der Waals surface area contributed by atoms with Gasteiger partial charge in [0, 0.05) is 36.8 Å². The third kappa shape index (κ3) is 6.83. The molecule has 0 aliphatic carbocycles. The number of fused-ring (bicyclic) bond motifs is 2. The van der Waals surface area contributed by atoms with Crippen LogP contribution in [0.15, 0.2) is 48.5 Å². The molecule has 0 bridgehead atoms. The van der Waals surface area contributed by atoms with Gasteiger partial charge in [-0.1, -0.05) is 60.1 Å². The van der Waals surface area contributed by atoms with Gasteiger partial charge in [-0.15, -0.1) is 0 Å². The summed E-state index contributed by atoms with van der Waals surface area (Å²) in [5.74, 6) is 11.9. The van der Waals surface area contributed by atoms with Crippen molar-refractivity contribution < 1.29 is 19.1 Å². The number of carbonyl (C=O) groups is 2. The molecule has 4 heteroatoms. The highest BCUT2D eigenvalue weighted by Gasteiger charge is 2.07. The largest absolute Gasteiger partial charge is 0.465 e. The number of aryl methyl sites for hydroxylation is 2. The molecule has 0 atom stereocenters. The van der Waals surface area contributed by atoms with Gasteiger partial charge in [0.15, 0.2) is 0 Å². The van der Waals surface area contributed by atoms with E-state index in [1.807, 2.05) is 48.5 Å². The molecule has 4 nitrogen and oxygen atoms in total. The highest BCUT2D eigenvalue weighted by molar-refractivity contribution is 5.70. The van der Waals surface area contributed by atoms with Crippen LogP contribution < -0.4 is 0 Å². The van der Waals surface area contributed by atoms with Crippen LogP contribution in [0.1, 0.15) is 47.9 Å². The first kappa shape index (κ1) is 21.2. The summed E-state index contributed by atoms with van der Waals surface area (Å²) in [6.45, 7) is 0.531. The van der Waals surface area contributed by atoms with Crippen LogP contribution in [-0.4, -0.2) is 25.2 Å². The van der Waals surface area contributed by atoms with Crippen molar-refractivity contribution in [1.82, 2.24) is 0 Å². The van der Waals surface area contributed by atoms with Crippen LogP contribution in [0.2, 0.25) is 0 Å². The van der Waals surface area contributed by atoms with Gasteiger partial charge in [0.1, 0.15) is 13.2 Å². The van der Waals surface area contributed by atoms with Crippen LogP contribution in [0.5, 0.6) is 0 Å². The van der Waals surface area contributed by atoms with E-state index in [2.05, 4.69) is 23.7 Å². The van der Waals surface area contributed by atoms with Gasteiger partial charge >= 0.3 is 11.9 Å². The smallest absolute Gasteiger partial charge is 0.306 e. The van der Waals surface area contributed by atoms with E-state index in [0.717, 1.165) is 22.3 Å². The second-order valence-corrected chi connectivity index (χ2v) is 6.86. The lowest BCUT2D eigenvalue weighted by Crippen LogP contribution is -2.08. The van der Waals surface area contributed by atoms with Crippen LogP contribution in [0.4, 0.5) is 0 Å². The molecule has 1 heterocycles. The summed E-state index contributed by atoms with van der Waals surface area (Å²) < 4.78 is 10.6. The van der Waals surface area contributed by atoms with Gasteiger partial charge in [0.25, 0.3) is 0 Å². The topological polar surface area (TPSA) is 52.6 Å². The van der Waals surface area contributed by atoms with Crippen LogP contribution in [0, 0.1) is 23.7 Å². The highest BCUT2D eigenvalue weighted by Crippen LogP contribution is 2.12. The number of esters is 2. The summed E-state index contributed by atoms with van der Waals surface area (Å²) in [6, 6.07) is 15.5. The van der Waals surface area contributed by atoms with Crippen molar-refractivity contribution in [1.29, 1.82) is 0 Å². The Balaban J connectivity index is 1.71. The molecule has 1 aliphatic heterocycles. The molecule has 30 heavy (non-hydrogen) atoms. The molecular formula is C26H24O4. The molecule has 0 radical (unpaired) electrons.